The zero-order valence-electron chi connectivity index (χ0n) is 11.5. The van der Waals surface area contributed by atoms with Gasteiger partial charge in [-0.3, -0.25) is 0 Å². The van der Waals surface area contributed by atoms with Crippen LogP contribution < -0.4 is 10.1 Å². The SMILES string of the molecule is COc1ncccc1CNCC1Cc2ccccc2S1. The van der Waals surface area contributed by atoms with Gasteiger partial charge in [0, 0.05) is 35.0 Å². The third kappa shape index (κ3) is 2.97. The van der Waals surface area contributed by atoms with Crippen molar-refractivity contribution in [2.75, 3.05) is 13.7 Å². The molecule has 1 aliphatic rings. The van der Waals surface area contributed by atoms with E-state index in [9.17, 15) is 0 Å². The number of aromatic nitrogens is 1. The van der Waals surface area contributed by atoms with Gasteiger partial charge in [0.2, 0.25) is 5.88 Å². The van der Waals surface area contributed by atoms with E-state index in [1.165, 1.54) is 10.5 Å². The van der Waals surface area contributed by atoms with Crippen molar-refractivity contribution in [2.45, 2.75) is 23.1 Å². The van der Waals surface area contributed by atoms with Gasteiger partial charge in [-0.25, -0.2) is 4.98 Å². The summed E-state index contributed by atoms with van der Waals surface area (Å²) in [6, 6.07) is 12.7. The summed E-state index contributed by atoms with van der Waals surface area (Å²) in [5, 5.41) is 4.13. The molecule has 1 aromatic carbocycles. The predicted molar refractivity (Wildman–Crippen MR) is 82.3 cm³/mol. The minimum atomic E-state index is 0.620. The molecule has 1 aliphatic heterocycles. The van der Waals surface area contributed by atoms with Crippen molar-refractivity contribution in [2.24, 2.45) is 0 Å². The normalized spacial score (nSPS) is 16.9. The summed E-state index contributed by atoms with van der Waals surface area (Å²) in [4.78, 5) is 5.64. The molecule has 0 spiro atoms. The van der Waals surface area contributed by atoms with Gasteiger partial charge in [-0.05, 0) is 24.1 Å². The molecular weight excluding hydrogens is 268 g/mol. The zero-order chi connectivity index (χ0) is 13.8. The molecule has 1 N–H and O–H groups in total. The number of hydrogen-bond donors (Lipinski definition) is 1. The van der Waals surface area contributed by atoms with E-state index in [2.05, 4.69) is 40.6 Å². The first-order valence-electron chi connectivity index (χ1n) is 6.80. The van der Waals surface area contributed by atoms with Crippen molar-refractivity contribution in [3.63, 3.8) is 0 Å². The number of hydrogen-bond acceptors (Lipinski definition) is 4. The molecule has 0 fully saturated rings. The molecule has 0 saturated carbocycles. The summed E-state index contributed by atoms with van der Waals surface area (Å²) in [6.45, 7) is 1.79. The highest BCUT2D eigenvalue weighted by Crippen LogP contribution is 2.36. The Labute approximate surface area is 123 Å². The summed E-state index contributed by atoms with van der Waals surface area (Å²) < 4.78 is 5.26. The monoisotopic (exact) mass is 286 g/mol. The smallest absolute Gasteiger partial charge is 0.217 e. The second-order valence-corrected chi connectivity index (χ2v) is 6.20. The fourth-order valence-electron chi connectivity index (χ4n) is 2.48. The molecule has 1 atom stereocenters. The van der Waals surface area contributed by atoms with Gasteiger partial charge in [0.25, 0.3) is 0 Å². The van der Waals surface area contributed by atoms with E-state index < -0.39 is 0 Å². The standard InChI is InChI=1S/C16H18N2OS/c1-19-16-13(6-4-8-18-16)10-17-11-14-9-12-5-2-3-7-15(12)20-14/h2-8,14,17H,9-11H2,1H3. The number of nitrogens with one attached hydrogen (secondary N) is 1. The topological polar surface area (TPSA) is 34.1 Å². The third-order valence-corrected chi connectivity index (χ3v) is 4.76. The van der Waals surface area contributed by atoms with Crippen LogP contribution in [0.3, 0.4) is 0 Å². The van der Waals surface area contributed by atoms with Crippen LogP contribution in [0.25, 0.3) is 0 Å². The highest BCUT2D eigenvalue weighted by atomic mass is 32.2. The molecule has 1 unspecified atom stereocenters. The van der Waals surface area contributed by atoms with Crippen molar-refractivity contribution in [1.29, 1.82) is 0 Å². The number of methoxy groups -OCH3 is 1. The maximum atomic E-state index is 5.26. The first kappa shape index (κ1) is 13.5. The third-order valence-electron chi connectivity index (χ3n) is 3.44. The first-order chi connectivity index (χ1) is 9.86. The number of ether oxygens (including phenoxy) is 1. The highest BCUT2D eigenvalue weighted by molar-refractivity contribution is 8.00. The molecule has 1 aromatic heterocycles. The molecule has 2 aromatic rings. The second kappa shape index (κ2) is 6.29. The van der Waals surface area contributed by atoms with Gasteiger partial charge in [0.15, 0.2) is 0 Å². The molecule has 0 amide bonds. The maximum Gasteiger partial charge on any atom is 0.217 e. The summed E-state index contributed by atoms with van der Waals surface area (Å²) in [5.41, 5.74) is 2.58. The van der Waals surface area contributed by atoms with Crippen LogP contribution in [0.1, 0.15) is 11.1 Å². The van der Waals surface area contributed by atoms with E-state index in [-0.39, 0.29) is 0 Å². The summed E-state index contributed by atoms with van der Waals surface area (Å²) in [5.74, 6) is 0.711. The Morgan fingerprint density at radius 1 is 1.30 bits per heavy atom. The van der Waals surface area contributed by atoms with Gasteiger partial charge >= 0.3 is 0 Å². The lowest BCUT2D eigenvalue weighted by Crippen LogP contribution is -2.24. The van der Waals surface area contributed by atoms with Gasteiger partial charge in [-0.15, -0.1) is 11.8 Å². The Morgan fingerprint density at radius 2 is 2.20 bits per heavy atom. The molecule has 4 heteroatoms. The molecule has 2 heterocycles. The fourth-order valence-corrected chi connectivity index (χ4v) is 3.76. The molecule has 20 heavy (non-hydrogen) atoms. The Morgan fingerprint density at radius 3 is 3.05 bits per heavy atom. The Kier molecular flexibility index (Phi) is 4.23. The largest absolute Gasteiger partial charge is 0.481 e. The van der Waals surface area contributed by atoms with Crippen molar-refractivity contribution < 1.29 is 4.74 Å². The highest BCUT2D eigenvalue weighted by Gasteiger charge is 2.21. The Balaban J connectivity index is 1.52. The van der Waals surface area contributed by atoms with Crippen LogP contribution in [0.4, 0.5) is 0 Å². The average Bonchev–Trinajstić information content (AvgIpc) is 2.90. The van der Waals surface area contributed by atoms with E-state index in [0.717, 1.165) is 25.1 Å². The molecule has 104 valence electrons. The maximum absolute atomic E-state index is 5.26. The molecule has 3 nitrogen and oxygen atoms in total. The Hall–Kier alpha value is -1.52. The number of rotatable bonds is 5. The van der Waals surface area contributed by atoms with E-state index in [1.807, 2.05) is 17.8 Å². The van der Waals surface area contributed by atoms with E-state index in [0.29, 0.717) is 11.1 Å². The number of benzene rings is 1. The van der Waals surface area contributed by atoms with Crippen LogP contribution in [-0.4, -0.2) is 23.9 Å². The van der Waals surface area contributed by atoms with Gasteiger partial charge < -0.3 is 10.1 Å². The number of pyridine rings is 1. The van der Waals surface area contributed by atoms with Gasteiger partial charge in [0.1, 0.15) is 0 Å². The minimum Gasteiger partial charge on any atom is -0.481 e. The lowest BCUT2D eigenvalue weighted by molar-refractivity contribution is 0.390. The molecule has 0 aliphatic carbocycles. The number of fused-ring (bicyclic) bond motifs is 1. The van der Waals surface area contributed by atoms with E-state index in [4.69, 9.17) is 4.74 Å². The van der Waals surface area contributed by atoms with Crippen LogP contribution in [0.5, 0.6) is 5.88 Å². The van der Waals surface area contributed by atoms with E-state index in [1.54, 1.807) is 13.3 Å². The van der Waals surface area contributed by atoms with Gasteiger partial charge in [-0.1, -0.05) is 24.3 Å². The van der Waals surface area contributed by atoms with E-state index >= 15 is 0 Å². The van der Waals surface area contributed by atoms with Crippen LogP contribution in [0.2, 0.25) is 0 Å². The molecular formula is C16H18N2OS. The quantitative estimate of drug-likeness (QED) is 0.916. The van der Waals surface area contributed by atoms with Crippen molar-refractivity contribution in [3.05, 3.63) is 53.7 Å². The van der Waals surface area contributed by atoms with Crippen LogP contribution in [-0.2, 0) is 13.0 Å². The summed E-state index contributed by atoms with van der Waals surface area (Å²) in [7, 11) is 1.66. The molecule has 3 rings (SSSR count). The average molecular weight is 286 g/mol. The van der Waals surface area contributed by atoms with Crippen molar-refractivity contribution >= 4 is 11.8 Å². The second-order valence-electron chi connectivity index (χ2n) is 4.85. The van der Waals surface area contributed by atoms with Crippen molar-refractivity contribution in [3.8, 4) is 5.88 Å². The number of thioether (sulfide) groups is 1. The molecule has 0 saturated heterocycles. The van der Waals surface area contributed by atoms with Crippen molar-refractivity contribution in [1.82, 2.24) is 10.3 Å². The predicted octanol–water partition coefficient (Wildman–Crippen LogP) is 2.90. The summed E-state index contributed by atoms with van der Waals surface area (Å²) in [6.07, 6.45) is 2.91. The van der Waals surface area contributed by atoms with Gasteiger partial charge in [-0.2, -0.15) is 0 Å². The van der Waals surface area contributed by atoms with Crippen LogP contribution in [0, 0.1) is 0 Å². The van der Waals surface area contributed by atoms with Crippen LogP contribution in [0.15, 0.2) is 47.5 Å². The molecule has 0 bridgehead atoms. The first-order valence-corrected chi connectivity index (χ1v) is 7.68. The lowest BCUT2D eigenvalue weighted by atomic mass is 10.1. The molecule has 0 radical (unpaired) electrons. The lowest BCUT2D eigenvalue weighted by Gasteiger charge is -2.11. The summed E-state index contributed by atoms with van der Waals surface area (Å²) >= 11 is 1.97. The van der Waals surface area contributed by atoms with Crippen LogP contribution >= 0.6 is 11.8 Å². The number of nitrogens with zero attached hydrogens (tertiary/aromatic N) is 1. The minimum absolute atomic E-state index is 0.620. The Bertz CT molecular complexity index is 563. The fraction of sp³-hybridized carbons (Fsp3) is 0.312. The zero-order valence-corrected chi connectivity index (χ0v) is 12.3. The van der Waals surface area contributed by atoms with Gasteiger partial charge in [0.05, 0.1) is 7.11 Å².